The molecule has 2 N–H and O–H groups in total. The third-order valence-electron chi connectivity index (χ3n) is 2.96. The first-order valence-electron chi connectivity index (χ1n) is 5.87. The van der Waals surface area contributed by atoms with Gasteiger partial charge in [-0.25, -0.2) is 0 Å². The van der Waals surface area contributed by atoms with Crippen molar-refractivity contribution in [1.29, 1.82) is 5.26 Å². The van der Waals surface area contributed by atoms with Gasteiger partial charge in [0.15, 0.2) is 5.82 Å². The van der Waals surface area contributed by atoms with Crippen LogP contribution < -0.4 is 5.32 Å². The van der Waals surface area contributed by atoms with Gasteiger partial charge in [0.1, 0.15) is 17.4 Å². The third kappa shape index (κ3) is 2.80. The van der Waals surface area contributed by atoms with Gasteiger partial charge in [-0.15, -0.1) is 5.10 Å². The van der Waals surface area contributed by atoms with Gasteiger partial charge in [-0.2, -0.15) is 10.4 Å². The molecule has 0 saturated heterocycles. The molecule has 96 valence electrons. The minimum absolute atomic E-state index is 0.229. The Morgan fingerprint density at radius 1 is 1.21 bits per heavy atom. The molecular weight excluding hydrogens is 240 g/mol. The molecule has 1 heterocycles. The Labute approximate surface area is 111 Å². The number of nitrogens with one attached hydrogen (secondary N) is 1. The van der Waals surface area contributed by atoms with Crippen molar-refractivity contribution in [3.05, 3.63) is 46.6 Å². The van der Waals surface area contributed by atoms with Gasteiger partial charge in [0.05, 0.1) is 5.69 Å². The smallest absolute Gasteiger partial charge is 0.167 e. The van der Waals surface area contributed by atoms with Gasteiger partial charge < -0.3 is 10.4 Å². The maximum absolute atomic E-state index is 9.21. The zero-order chi connectivity index (χ0) is 13.8. The number of nitriles is 1. The van der Waals surface area contributed by atoms with E-state index in [9.17, 15) is 5.11 Å². The van der Waals surface area contributed by atoms with Crippen LogP contribution in [0.25, 0.3) is 0 Å². The summed E-state index contributed by atoms with van der Waals surface area (Å²) in [4.78, 5) is 0. The lowest BCUT2D eigenvalue weighted by molar-refractivity contribution is 0.475. The van der Waals surface area contributed by atoms with E-state index in [1.807, 2.05) is 26.0 Å². The molecule has 0 saturated carbocycles. The van der Waals surface area contributed by atoms with Gasteiger partial charge in [-0.1, -0.05) is 12.1 Å². The van der Waals surface area contributed by atoms with Crippen LogP contribution in [0.3, 0.4) is 0 Å². The predicted octanol–water partition coefficient (Wildman–Crippen LogP) is 2.28. The summed E-state index contributed by atoms with van der Waals surface area (Å²) in [5.74, 6) is 0.714. The van der Waals surface area contributed by atoms with E-state index in [0.29, 0.717) is 17.9 Å². The first-order valence-corrected chi connectivity index (χ1v) is 5.87. The number of aryl methyl sites for hydroxylation is 1. The summed E-state index contributed by atoms with van der Waals surface area (Å²) in [6.07, 6.45) is 0. The summed E-state index contributed by atoms with van der Waals surface area (Å²) in [5, 5.41) is 29.5. The Morgan fingerprint density at radius 3 is 2.53 bits per heavy atom. The third-order valence-corrected chi connectivity index (χ3v) is 2.96. The monoisotopic (exact) mass is 254 g/mol. The first kappa shape index (κ1) is 12.8. The number of rotatable bonds is 3. The second-order valence-electron chi connectivity index (χ2n) is 4.27. The number of nitrogens with zero attached hydrogens (tertiary/aromatic N) is 3. The molecule has 2 rings (SSSR count). The maximum Gasteiger partial charge on any atom is 0.167 e. The van der Waals surface area contributed by atoms with Crippen LogP contribution in [0.1, 0.15) is 22.4 Å². The Hall–Kier alpha value is -2.61. The van der Waals surface area contributed by atoms with Gasteiger partial charge >= 0.3 is 0 Å². The quantitative estimate of drug-likeness (QED) is 0.878. The minimum Gasteiger partial charge on any atom is -0.508 e. The van der Waals surface area contributed by atoms with E-state index in [4.69, 9.17) is 5.26 Å². The summed E-state index contributed by atoms with van der Waals surface area (Å²) in [6.45, 7) is 4.20. The largest absolute Gasteiger partial charge is 0.508 e. The fourth-order valence-electron chi connectivity index (χ4n) is 1.67. The molecule has 0 unspecified atom stereocenters. The molecule has 0 atom stereocenters. The highest BCUT2D eigenvalue weighted by molar-refractivity contribution is 5.55. The average molecular weight is 254 g/mol. The fraction of sp³-hybridized carbons (Fsp3) is 0.214. The summed E-state index contributed by atoms with van der Waals surface area (Å²) in [7, 11) is 0. The van der Waals surface area contributed by atoms with Crippen molar-refractivity contribution < 1.29 is 5.11 Å². The molecule has 2 aromatic rings. The second-order valence-corrected chi connectivity index (χ2v) is 4.27. The van der Waals surface area contributed by atoms with Crippen molar-refractivity contribution in [1.82, 2.24) is 10.2 Å². The molecule has 0 bridgehead atoms. The van der Waals surface area contributed by atoms with Crippen LogP contribution in [0.4, 0.5) is 5.82 Å². The highest BCUT2D eigenvalue weighted by atomic mass is 16.3. The lowest BCUT2D eigenvalue weighted by atomic mass is 10.1. The molecule has 5 nitrogen and oxygen atoms in total. The second kappa shape index (κ2) is 5.36. The van der Waals surface area contributed by atoms with Crippen LogP contribution >= 0.6 is 0 Å². The number of phenols is 1. The Kier molecular flexibility index (Phi) is 3.62. The van der Waals surface area contributed by atoms with E-state index < -0.39 is 0 Å². The fourth-order valence-corrected chi connectivity index (χ4v) is 1.67. The Bertz CT molecular complexity index is 629. The first-order chi connectivity index (χ1) is 9.11. The van der Waals surface area contributed by atoms with Crippen molar-refractivity contribution in [3.8, 4) is 11.8 Å². The Balaban J connectivity index is 2.18. The molecule has 1 aromatic carbocycles. The Morgan fingerprint density at radius 2 is 1.89 bits per heavy atom. The van der Waals surface area contributed by atoms with E-state index in [0.717, 1.165) is 16.8 Å². The molecule has 0 aliphatic carbocycles. The van der Waals surface area contributed by atoms with Gasteiger partial charge in [0.25, 0.3) is 0 Å². The molecule has 0 spiro atoms. The van der Waals surface area contributed by atoms with Gasteiger partial charge in [-0.3, -0.25) is 0 Å². The van der Waals surface area contributed by atoms with Crippen molar-refractivity contribution in [2.45, 2.75) is 20.4 Å². The maximum atomic E-state index is 9.21. The van der Waals surface area contributed by atoms with E-state index in [1.165, 1.54) is 0 Å². The van der Waals surface area contributed by atoms with Crippen molar-refractivity contribution in [3.63, 3.8) is 0 Å². The minimum atomic E-state index is 0.229. The number of phenolic OH excluding ortho intramolecular Hbond substituents is 1. The predicted molar refractivity (Wildman–Crippen MR) is 71.7 cm³/mol. The SMILES string of the molecule is Cc1nnc(NCc2ccc(O)cc2)c(C#N)c1C. The average Bonchev–Trinajstić information content (AvgIpc) is 2.42. The van der Waals surface area contributed by atoms with Crippen LogP contribution in [0.5, 0.6) is 5.75 Å². The van der Waals surface area contributed by atoms with Crippen LogP contribution in [-0.2, 0) is 6.54 Å². The lowest BCUT2D eigenvalue weighted by Crippen LogP contribution is -2.07. The van der Waals surface area contributed by atoms with Crippen LogP contribution in [0.2, 0.25) is 0 Å². The summed E-state index contributed by atoms with van der Waals surface area (Å²) in [5.41, 5.74) is 3.10. The number of aromatic hydroxyl groups is 1. The molecule has 19 heavy (non-hydrogen) atoms. The van der Waals surface area contributed by atoms with Gasteiger partial charge in [0, 0.05) is 6.54 Å². The lowest BCUT2D eigenvalue weighted by Gasteiger charge is -2.09. The van der Waals surface area contributed by atoms with E-state index in [1.54, 1.807) is 12.1 Å². The highest BCUT2D eigenvalue weighted by Gasteiger charge is 2.10. The van der Waals surface area contributed by atoms with Crippen LogP contribution in [0, 0.1) is 25.2 Å². The van der Waals surface area contributed by atoms with Gasteiger partial charge in [0.2, 0.25) is 0 Å². The van der Waals surface area contributed by atoms with Crippen molar-refractivity contribution >= 4 is 5.82 Å². The molecule has 0 radical (unpaired) electrons. The topological polar surface area (TPSA) is 81.8 Å². The molecule has 0 amide bonds. The van der Waals surface area contributed by atoms with Gasteiger partial charge in [-0.05, 0) is 37.1 Å². The van der Waals surface area contributed by atoms with E-state index in [2.05, 4.69) is 21.6 Å². The van der Waals surface area contributed by atoms with E-state index >= 15 is 0 Å². The number of hydrogen-bond acceptors (Lipinski definition) is 5. The molecular formula is C14H14N4O. The van der Waals surface area contributed by atoms with Crippen LogP contribution in [0.15, 0.2) is 24.3 Å². The molecule has 0 aliphatic heterocycles. The molecule has 0 aliphatic rings. The molecule has 0 fully saturated rings. The molecule has 1 aromatic heterocycles. The number of anilines is 1. The number of hydrogen-bond donors (Lipinski definition) is 2. The number of aromatic nitrogens is 2. The van der Waals surface area contributed by atoms with Crippen molar-refractivity contribution in [2.75, 3.05) is 5.32 Å². The standard InChI is InChI=1S/C14H14N4O/c1-9-10(2)17-18-14(13(9)7-15)16-8-11-3-5-12(19)6-4-11/h3-6,19H,8H2,1-2H3,(H,16,18). The zero-order valence-corrected chi connectivity index (χ0v) is 10.8. The zero-order valence-electron chi connectivity index (χ0n) is 10.8. The summed E-state index contributed by atoms with van der Waals surface area (Å²) < 4.78 is 0. The summed E-state index contributed by atoms with van der Waals surface area (Å²) in [6, 6.07) is 9.00. The van der Waals surface area contributed by atoms with E-state index in [-0.39, 0.29) is 5.75 Å². The highest BCUT2D eigenvalue weighted by Crippen LogP contribution is 2.18. The van der Waals surface area contributed by atoms with Crippen molar-refractivity contribution in [2.24, 2.45) is 0 Å². The van der Waals surface area contributed by atoms with Crippen LogP contribution in [-0.4, -0.2) is 15.3 Å². The summed E-state index contributed by atoms with van der Waals surface area (Å²) >= 11 is 0. The number of benzene rings is 1. The normalized spacial score (nSPS) is 9.95. The molecule has 5 heteroatoms.